The third-order valence-corrected chi connectivity index (χ3v) is 2.76. The summed E-state index contributed by atoms with van der Waals surface area (Å²) in [6.07, 6.45) is 1.75. The first kappa shape index (κ1) is 15.2. The molecule has 0 amide bonds. The Kier molecular flexibility index (Phi) is 5.57. The van der Waals surface area contributed by atoms with E-state index in [0.29, 0.717) is 11.5 Å². The van der Waals surface area contributed by atoms with E-state index in [-0.39, 0.29) is 17.4 Å². The van der Waals surface area contributed by atoms with E-state index in [0.717, 1.165) is 12.8 Å². The summed E-state index contributed by atoms with van der Waals surface area (Å²) in [7, 11) is 1.46. The summed E-state index contributed by atoms with van der Waals surface area (Å²) in [5.41, 5.74) is 0.0411. The second-order valence-corrected chi connectivity index (χ2v) is 4.26. The Bertz CT molecular complexity index is 447. The molecule has 0 bridgehead atoms. The van der Waals surface area contributed by atoms with Gasteiger partial charge in [0.05, 0.1) is 36.4 Å². The number of rotatable bonds is 7. The monoisotopic (exact) mass is 269 g/mol. The molecule has 0 saturated heterocycles. The molecule has 1 rings (SSSR count). The SMILES string of the molecule is CCCC(C)Oc1cc([N+](=O)[O-])c(CO)cc1OC. The fourth-order valence-corrected chi connectivity index (χ4v) is 1.82. The van der Waals surface area contributed by atoms with Gasteiger partial charge in [-0.2, -0.15) is 0 Å². The van der Waals surface area contributed by atoms with Gasteiger partial charge in [-0.1, -0.05) is 13.3 Å². The van der Waals surface area contributed by atoms with E-state index in [1.165, 1.54) is 19.2 Å². The van der Waals surface area contributed by atoms with Gasteiger partial charge in [-0.15, -0.1) is 0 Å². The maximum absolute atomic E-state index is 10.9. The lowest BCUT2D eigenvalue weighted by atomic mass is 10.1. The van der Waals surface area contributed by atoms with E-state index in [2.05, 4.69) is 0 Å². The highest BCUT2D eigenvalue weighted by Gasteiger charge is 2.20. The van der Waals surface area contributed by atoms with E-state index in [9.17, 15) is 10.1 Å². The van der Waals surface area contributed by atoms with Crippen LogP contribution < -0.4 is 9.47 Å². The minimum Gasteiger partial charge on any atom is -0.493 e. The number of aliphatic hydroxyl groups is 1. The second kappa shape index (κ2) is 6.94. The summed E-state index contributed by atoms with van der Waals surface area (Å²) in [6, 6.07) is 2.74. The van der Waals surface area contributed by atoms with Crippen molar-refractivity contribution in [1.29, 1.82) is 0 Å². The maximum atomic E-state index is 10.9. The number of ether oxygens (including phenoxy) is 2. The van der Waals surface area contributed by atoms with Crippen molar-refractivity contribution in [3.63, 3.8) is 0 Å². The van der Waals surface area contributed by atoms with Crippen LogP contribution >= 0.6 is 0 Å². The Labute approximate surface area is 112 Å². The summed E-state index contributed by atoms with van der Waals surface area (Å²) < 4.78 is 10.8. The number of nitro benzene ring substituents is 1. The van der Waals surface area contributed by atoms with E-state index in [1.807, 2.05) is 13.8 Å². The van der Waals surface area contributed by atoms with E-state index in [1.54, 1.807) is 0 Å². The predicted octanol–water partition coefficient (Wildman–Crippen LogP) is 2.66. The molecule has 1 N–H and O–H groups in total. The second-order valence-electron chi connectivity index (χ2n) is 4.26. The normalized spacial score (nSPS) is 12.0. The average molecular weight is 269 g/mol. The van der Waals surface area contributed by atoms with Gasteiger partial charge in [-0.05, 0) is 19.4 Å². The number of nitro groups is 1. The van der Waals surface area contributed by atoms with Gasteiger partial charge in [-0.3, -0.25) is 10.1 Å². The minimum atomic E-state index is -0.539. The van der Waals surface area contributed by atoms with Gasteiger partial charge < -0.3 is 14.6 Å². The number of hydrogen-bond acceptors (Lipinski definition) is 5. The van der Waals surface area contributed by atoms with Crippen molar-refractivity contribution in [3.8, 4) is 11.5 Å². The lowest BCUT2D eigenvalue weighted by Gasteiger charge is -2.17. The number of nitrogens with zero attached hydrogens (tertiary/aromatic N) is 1. The Morgan fingerprint density at radius 3 is 2.58 bits per heavy atom. The third kappa shape index (κ3) is 3.82. The Balaban J connectivity index is 3.14. The number of hydrogen-bond donors (Lipinski definition) is 1. The highest BCUT2D eigenvalue weighted by atomic mass is 16.6. The zero-order chi connectivity index (χ0) is 14.4. The van der Waals surface area contributed by atoms with Crippen molar-refractivity contribution >= 4 is 5.69 Å². The van der Waals surface area contributed by atoms with Gasteiger partial charge in [0, 0.05) is 0 Å². The highest BCUT2D eigenvalue weighted by Crippen LogP contribution is 2.35. The van der Waals surface area contributed by atoms with Crippen LogP contribution in [0.3, 0.4) is 0 Å². The Morgan fingerprint density at radius 1 is 1.42 bits per heavy atom. The first-order chi connectivity index (χ1) is 9.03. The molecular formula is C13H19NO5. The lowest BCUT2D eigenvalue weighted by Crippen LogP contribution is -2.12. The Morgan fingerprint density at radius 2 is 2.11 bits per heavy atom. The summed E-state index contributed by atoms with van der Waals surface area (Å²) in [4.78, 5) is 10.4. The molecule has 0 spiro atoms. The van der Waals surface area contributed by atoms with Gasteiger partial charge in [-0.25, -0.2) is 0 Å². The molecule has 0 saturated carbocycles. The van der Waals surface area contributed by atoms with Crippen LogP contribution in [0.4, 0.5) is 5.69 Å². The van der Waals surface area contributed by atoms with Gasteiger partial charge in [0.2, 0.25) is 0 Å². The molecule has 106 valence electrons. The average Bonchev–Trinajstić information content (AvgIpc) is 2.38. The van der Waals surface area contributed by atoms with Crippen molar-refractivity contribution in [2.45, 2.75) is 39.4 Å². The van der Waals surface area contributed by atoms with Crippen LogP contribution in [0.2, 0.25) is 0 Å². The fraction of sp³-hybridized carbons (Fsp3) is 0.538. The van der Waals surface area contributed by atoms with Crippen LogP contribution in [0.15, 0.2) is 12.1 Å². The maximum Gasteiger partial charge on any atom is 0.278 e. The standard InChI is InChI=1S/C13H19NO5/c1-4-5-9(2)19-13-7-11(14(16)17)10(8-15)6-12(13)18-3/h6-7,9,15H,4-5,8H2,1-3H3. The van der Waals surface area contributed by atoms with E-state index >= 15 is 0 Å². The van der Waals surface area contributed by atoms with Crippen molar-refractivity contribution in [1.82, 2.24) is 0 Å². The number of aliphatic hydroxyl groups excluding tert-OH is 1. The number of methoxy groups -OCH3 is 1. The molecule has 0 radical (unpaired) electrons. The molecule has 1 unspecified atom stereocenters. The molecule has 0 aliphatic carbocycles. The predicted molar refractivity (Wildman–Crippen MR) is 70.6 cm³/mol. The Hall–Kier alpha value is -1.82. The van der Waals surface area contributed by atoms with Gasteiger partial charge in [0.25, 0.3) is 5.69 Å². The summed E-state index contributed by atoms with van der Waals surface area (Å²) in [5, 5.41) is 20.1. The molecule has 0 heterocycles. The van der Waals surface area contributed by atoms with Crippen molar-refractivity contribution in [3.05, 3.63) is 27.8 Å². The molecule has 6 heteroatoms. The van der Waals surface area contributed by atoms with Crippen LogP contribution in [0, 0.1) is 10.1 Å². The zero-order valence-electron chi connectivity index (χ0n) is 11.4. The molecule has 19 heavy (non-hydrogen) atoms. The van der Waals surface area contributed by atoms with Crippen LogP contribution in [-0.2, 0) is 6.61 Å². The van der Waals surface area contributed by atoms with Crippen LogP contribution in [0.25, 0.3) is 0 Å². The van der Waals surface area contributed by atoms with Crippen LogP contribution in [-0.4, -0.2) is 23.2 Å². The first-order valence-corrected chi connectivity index (χ1v) is 6.16. The first-order valence-electron chi connectivity index (χ1n) is 6.16. The quantitative estimate of drug-likeness (QED) is 0.608. The molecule has 0 aromatic heterocycles. The van der Waals surface area contributed by atoms with E-state index in [4.69, 9.17) is 14.6 Å². The molecular weight excluding hydrogens is 250 g/mol. The van der Waals surface area contributed by atoms with Crippen LogP contribution in [0.5, 0.6) is 11.5 Å². The summed E-state index contributed by atoms with van der Waals surface area (Å²) >= 11 is 0. The molecule has 0 aliphatic rings. The topological polar surface area (TPSA) is 81.8 Å². The van der Waals surface area contributed by atoms with Gasteiger partial charge >= 0.3 is 0 Å². The summed E-state index contributed by atoms with van der Waals surface area (Å²) in [6.45, 7) is 3.51. The minimum absolute atomic E-state index is 0.0570. The molecule has 1 atom stereocenters. The zero-order valence-corrected chi connectivity index (χ0v) is 11.4. The van der Waals surface area contributed by atoms with Crippen molar-refractivity contribution in [2.75, 3.05) is 7.11 Å². The molecule has 1 aromatic carbocycles. The van der Waals surface area contributed by atoms with Crippen molar-refractivity contribution < 1.29 is 19.5 Å². The van der Waals surface area contributed by atoms with E-state index < -0.39 is 11.5 Å². The third-order valence-electron chi connectivity index (χ3n) is 2.76. The molecule has 6 nitrogen and oxygen atoms in total. The molecule has 0 aliphatic heterocycles. The smallest absolute Gasteiger partial charge is 0.278 e. The summed E-state index contributed by atoms with van der Waals surface area (Å²) in [5.74, 6) is 0.713. The molecule has 0 fully saturated rings. The van der Waals surface area contributed by atoms with Gasteiger partial charge in [0.1, 0.15) is 0 Å². The van der Waals surface area contributed by atoms with Gasteiger partial charge in [0.15, 0.2) is 11.5 Å². The van der Waals surface area contributed by atoms with Crippen molar-refractivity contribution in [2.24, 2.45) is 0 Å². The highest BCUT2D eigenvalue weighted by molar-refractivity contribution is 5.54. The molecule has 1 aromatic rings. The fourth-order valence-electron chi connectivity index (χ4n) is 1.82. The lowest BCUT2D eigenvalue weighted by molar-refractivity contribution is -0.386. The largest absolute Gasteiger partial charge is 0.493 e. The number of benzene rings is 1. The van der Waals surface area contributed by atoms with Crippen LogP contribution in [0.1, 0.15) is 32.3 Å².